The van der Waals surface area contributed by atoms with E-state index in [1.807, 2.05) is 55.8 Å². The van der Waals surface area contributed by atoms with Crippen LogP contribution in [0.25, 0.3) is 0 Å². The standard InChI is InChI=1S/C20H20BrClN4O2S/c1-12-4-7-15(22)10-17(12)23-18(27)11-29-20-25-24-19(26(20)3)13(2)28-16-8-5-14(21)6-9-16/h4-10,13H,11H2,1-3H3,(H,23,27). The van der Waals surface area contributed by atoms with Crippen molar-refractivity contribution in [1.82, 2.24) is 14.8 Å². The second-order valence-corrected chi connectivity index (χ2v) is 8.70. The zero-order valence-electron chi connectivity index (χ0n) is 16.1. The normalized spacial score (nSPS) is 11.9. The lowest BCUT2D eigenvalue weighted by Crippen LogP contribution is -2.15. The van der Waals surface area contributed by atoms with Gasteiger partial charge in [0.15, 0.2) is 17.1 Å². The summed E-state index contributed by atoms with van der Waals surface area (Å²) in [4.78, 5) is 12.3. The molecule has 1 amide bonds. The molecule has 9 heteroatoms. The monoisotopic (exact) mass is 494 g/mol. The lowest BCUT2D eigenvalue weighted by molar-refractivity contribution is -0.113. The highest BCUT2D eigenvalue weighted by atomic mass is 79.9. The van der Waals surface area contributed by atoms with Gasteiger partial charge in [0.25, 0.3) is 0 Å². The van der Waals surface area contributed by atoms with Gasteiger partial charge in [-0.3, -0.25) is 4.79 Å². The van der Waals surface area contributed by atoms with Crippen molar-refractivity contribution in [1.29, 1.82) is 0 Å². The van der Waals surface area contributed by atoms with Gasteiger partial charge >= 0.3 is 0 Å². The topological polar surface area (TPSA) is 69.0 Å². The minimum atomic E-state index is -0.286. The minimum Gasteiger partial charge on any atom is -0.483 e. The van der Waals surface area contributed by atoms with E-state index in [1.54, 1.807) is 12.1 Å². The number of rotatable bonds is 7. The molecule has 0 radical (unpaired) electrons. The predicted octanol–water partition coefficient (Wildman–Crippen LogP) is 5.41. The van der Waals surface area contributed by atoms with Crippen molar-refractivity contribution in [2.75, 3.05) is 11.1 Å². The van der Waals surface area contributed by atoms with Crippen molar-refractivity contribution < 1.29 is 9.53 Å². The van der Waals surface area contributed by atoms with Gasteiger partial charge in [-0.1, -0.05) is 45.4 Å². The first-order valence-electron chi connectivity index (χ1n) is 8.84. The molecule has 152 valence electrons. The summed E-state index contributed by atoms with van der Waals surface area (Å²) in [5, 5.41) is 12.5. The molecular formula is C20H20BrClN4O2S. The number of benzene rings is 2. The predicted molar refractivity (Wildman–Crippen MR) is 120 cm³/mol. The Labute approximate surface area is 187 Å². The van der Waals surface area contributed by atoms with E-state index in [2.05, 4.69) is 31.4 Å². The maximum atomic E-state index is 12.3. The molecule has 0 bridgehead atoms. The zero-order chi connectivity index (χ0) is 21.0. The molecule has 0 saturated carbocycles. The molecule has 29 heavy (non-hydrogen) atoms. The summed E-state index contributed by atoms with van der Waals surface area (Å²) in [6.45, 7) is 3.83. The third kappa shape index (κ3) is 5.74. The van der Waals surface area contributed by atoms with Crippen LogP contribution in [0.2, 0.25) is 5.02 Å². The van der Waals surface area contributed by atoms with Gasteiger partial charge in [-0.2, -0.15) is 0 Å². The summed E-state index contributed by atoms with van der Waals surface area (Å²) in [6, 6.07) is 13.0. The Morgan fingerprint density at radius 1 is 1.28 bits per heavy atom. The third-order valence-electron chi connectivity index (χ3n) is 4.16. The van der Waals surface area contributed by atoms with E-state index in [0.717, 1.165) is 15.8 Å². The quantitative estimate of drug-likeness (QED) is 0.444. The molecule has 1 atom stereocenters. The molecule has 1 N–H and O–H groups in total. The molecule has 0 fully saturated rings. The molecule has 0 aliphatic heterocycles. The van der Waals surface area contributed by atoms with Crippen LogP contribution in [-0.4, -0.2) is 26.4 Å². The number of anilines is 1. The molecule has 6 nitrogen and oxygen atoms in total. The number of amides is 1. The SMILES string of the molecule is Cc1ccc(Cl)cc1NC(=O)CSc1nnc(C(C)Oc2ccc(Br)cc2)n1C. The molecule has 2 aromatic carbocycles. The fourth-order valence-electron chi connectivity index (χ4n) is 2.62. The first-order chi connectivity index (χ1) is 13.8. The highest BCUT2D eigenvalue weighted by Gasteiger charge is 2.18. The maximum Gasteiger partial charge on any atom is 0.234 e. The molecule has 0 aliphatic rings. The van der Waals surface area contributed by atoms with Crippen molar-refractivity contribution >= 4 is 50.9 Å². The van der Waals surface area contributed by atoms with E-state index in [0.29, 0.717) is 21.7 Å². The Kier molecular flexibility index (Phi) is 7.21. The number of halogens is 2. The molecule has 0 saturated heterocycles. The second kappa shape index (κ2) is 9.65. The molecular weight excluding hydrogens is 476 g/mol. The maximum absolute atomic E-state index is 12.3. The van der Waals surface area contributed by atoms with Crippen LogP contribution in [0.1, 0.15) is 24.4 Å². The summed E-state index contributed by atoms with van der Waals surface area (Å²) >= 11 is 10.7. The van der Waals surface area contributed by atoms with Crippen LogP contribution >= 0.6 is 39.3 Å². The van der Waals surface area contributed by atoms with E-state index in [4.69, 9.17) is 16.3 Å². The third-order valence-corrected chi connectivity index (χ3v) is 5.95. The van der Waals surface area contributed by atoms with Crippen LogP contribution in [0.4, 0.5) is 5.69 Å². The Hall–Kier alpha value is -2.03. The lowest BCUT2D eigenvalue weighted by atomic mass is 10.2. The number of thioether (sulfide) groups is 1. The average Bonchev–Trinajstić information content (AvgIpc) is 3.05. The fraction of sp³-hybridized carbons (Fsp3) is 0.250. The summed E-state index contributed by atoms with van der Waals surface area (Å²) in [5.41, 5.74) is 1.66. The Bertz CT molecular complexity index is 1010. The number of aryl methyl sites for hydroxylation is 1. The molecule has 0 aliphatic carbocycles. The van der Waals surface area contributed by atoms with Crippen molar-refractivity contribution in [3.8, 4) is 5.75 Å². The van der Waals surface area contributed by atoms with Gasteiger partial charge in [-0.15, -0.1) is 10.2 Å². The average molecular weight is 496 g/mol. The van der Waals surface area contributed by atoms with Gasteiger partial charge in [0.1, 0.15) is 5.75 Å². The van der Waals surface area contributed by atoms with Gasteiger partial charge in [-0.05, 0) is 55.8 Å². The Morgan fingerprint density at radius 2 is 2.00 bits per heavy atom. The van der Waals surface area contributed by atoms with Gasteiger partial charge in [0.05, 0.1) is 5.75 Å². The van der Waals surface area contributed by atoms with Crippen LogP contribution in [-0.2, 0) is 11.8 Å². The van der Waals surface area contributed by atoms with E-state index in [1.165, 1.54) is 11.8 Å². The van der Waals surface area contributed by atoms with Gasteiger partial charge in [-0.25, -0.2) is 0 Å². The molecule has 3 rings (SSSR count). The smallest absolute Gasteiger partial charge is 0.234 e. The van der Waals surface area contributed by atoms with E-state index < -0.39 is 0 Å². The lowest BCUT2D eigenvalue weighted by Gasteiger charge is -2.14. The van der Waals surface area contributed by atoms with Crippen LogP contribution < -0.4 is 10.1 Å². The number of hydrogen-bond acceptors (Lipinski definition) is 5. The van der Waals surface area contributed by atoms with Crippen LogP contribution in [0.15, 0.2) is 52.1 Å². The number of carbonyl (C=O) groups is 1. The number of carbonyl (C=O) groups excluding carboxylic acids is 1. The number of ether oxygens (including phenoxy) is 1. The Balaban J connectivity index is 1.59. The summed E-state index contributed by atoms with van der Waals surface area (Å²) in [7, 11) is 1.86. The van der Waals surface area contributed by atoms with Crippen molar-refractivity contribution in [2.45, 2.75) is 25.1 Å². The van der Waals surface area contributed by atoms with E-state index in [-0.39, 0.29) is 17.8 Å². The van der Waals surface area contributed by atoms with E-state index >= 15 is 0 Å². The molecule has 1 unspecified atom stereocenters. The van der Waals surface area contributed by atoms with Gasteiger partial charge in [0, 0.05) is 22.2 Å². The molecule has 3 aromatic rings. The zero-order valence-corrected chi connectivity index (χ0v) is 19.3. The fourth-order valence-corrected chi connectivity index (χ4v) is 3.78. The minimum absolute atomic E-state index is 0.135. The Morgan fingerprint density at radius 3 is 2.72 bits per heavy atom. The number of hydrogen-bond donors (Lipinski definition) is 1. The van der Waals surface area contributed by atoms with Crippen molar-refractivity contribution in [3.63, 3.8) is 0 Å². The summed E-state index contributed by atoms with van der Waals surface area (Å²) in [6.07, 6.45) is -0.286. The number of aromatic nitrogens is 3. The largest absolute Gasteiger partial charge is 0.483 e. The highest BCUT2D eigenvalue weighted by molar-refractivity contribution is 9.10. The highest BCUT2D eigenvalue weighted by Crippen LogP contribution is 2.25. The first kappa shape index (κ1) is 21.7. The summed E-state index contributed by atoms with van der Waals surface area (Å²) in [5.74, 6) is 1.50. The van der Waals surface area contributed by atoms with Crippen LogP contribution in [0, 0.1) is 6.92 Å². The van der Waals surface area contributed by atoms with Gasteiger partial charge < -0.3 is 14.6 Å². The summed E-state index contributed by atoms with van der Waals surface area (Å²) < 4.78 is 8.76. The van der Waals surface area contributed by atoms with Crippen LogP contribution in [0.5, 0.6) is 5.75 Å². The van der Waals surface area contributed by atoms with Crippen LogP contribution in [0.3, 0.4) is 0 Å². The molecule has 1 aromatic heterocycles. The first-order valence-corrected chi connectivity index (χ1v) is 11.0. The van der Waals surface area contributed by atoms with Crippen molar-refractivity contribution in [3.05, 3.63) is 63.3 Å². The second-order valence-electron chi connectivity index (χ2n) is 6.41. The molecule has 0 spiro atoms. The van der Waals surface area contributed by atoms with E-state index in [9.17, 15) is 4.79 Å². The number of nitrogens with zero attached hydrogens (tertiary/aromatic N) is 3. The number of nitrogens with one attached hydrogen (secondary N) is 1. The molecule has 1 heterocycles. The van der Waals surface area contributed by atoms with Crippen molar-refractivity contribution in [2.24, 2.45) is 7.05 Å². The van der Waals surface area contributed by atoms with Gasteiger partial charge in [0.2, 0.25) is 5.91 Å².